The quantitative estimate of drug-likeness (QED) is 0.0851. The van der Waals surface area contributed by atoms with Crippen molar-refractivity contribution in [1.82, 2.24) is 0 Å². The standard InChI is InChI=1S/C26H19NO3.C25H18O2.C20H14O4/c28-21-14-10-18(11-15-21)26(19-12-16-22(29)17-13-19)24-9-5-4-8-23(24)25(30)27(26)20-6-2-1-3-7-20;26-19-13-9-17(10-14-19)25(18-11-15-20(27)16-12-18)23-7-3-1-5-21(23)22-6-2-4-8-24(22)25;21-15-9-5-13(6-10-15)20(14-7-11-16(22)12-8-14)18-4-2-1-3-17(18)19(23)24-20/h1-17,28-29H;1-16,26-27H;1-12,21-22H. The van der Waals surface area contributed by atoms with Gasteiger partial charge in [0, 0.05) is 27.9 Å². The summed E-state index contributed by atoms with van der Waals surface area (Å²) in [5.41, 5.74) is 11.1. The highest BCUT2D eigenvalue weighted by Gasteiger charge is 2.53. The van der Waals surface area contributed by atoms with Crippen molar-refractivity contribution in [3.63, 3.8) is 0 Å². The van der Waals surface area contributed by atoms with E-state index in [1.807, 2.05) is 115 Å². The number of phenols is 6. The first-order valence-electron chi connectivity index (χ1n) is 26.2. The van der Waals surface area contributed by atoms with Crippen LogP contribution in [0.1, 0.15) is 76.4 Å². The minimum Gasteiger partial charge on any atom is -0.508 e. The highest BCUT2D eigenvalue weighted by atomic mass is 16.6. The number of phenolic OH excluding ortho intramolecular Hbond substituents is 6. The number of hydrogen-bond acceptors (Lipinski definition) is 9. The lowest BCUT2D eigenvalue weighted by Gasteiger charge is -2.40. The molecule has 0 saturated carbocycles. The maximum absolute atomic E-state index is 13.7. The van der Waals surface area contributed by atoms with Crippen molar-refractivity contribution in [2.45, 2.75) is 16.6 Å². The summed E-state index contributed by atoms with van der Waals surface area (Å²) in [5, 5.41) is 58.7. The first kappa shape index (κ1) is 50.9. The van der Waals surface area contributed by atoms with E-state index in [2.05, 4.69) is 48.5 Å². The molecule has 0 unspecified atom stereocenters. The molecule has 0 saturated heterocycles. The van der Waals surface area contributed by atoms with Crippen molar-refractivity contribution in [2.24, 2.45) is 0 Å². The average Bonchev–Trinajstić information content (AvgIpc) is 4.05. The molecule has 0 fully saturated rings. The molecule has 3 aliphatic rings. The second-order valence-electron chi connectivity index (χ2n) is 20.0. The average molecular weight is 1060 g/mol. The van der Waals surface area contributed by atoms with E-state index in [0.29, 0.717) is 11.1 Å². The first-order chi connectivity index (χ1) is 39.4. The lowest BCUT2D eigenvalue weighted by Crippen LogP contribution is -2.46. The van der Waals surface area contributed by atoms with E-state index in [1.54, 1.807) is 114 Å². The summed E-state index contributed by atoms with van der Waals surface area (Å²) < 4.78 is 5.87. The third kappa shape index (κ3) is 8.45. The molecular formula is C71H51NO9. The second kappa shape index (κ2) is 20.5. The van der Waals surface area contributed by atoms with Crippen LogP contribution in [0.15, 0.2) is 273 Å². The van der Waals surface area contributed by atoms with E-state index in [-0.39, 0.29) is 40.4 Å². The molecule has 2 heterocycles. The molecule has 81 heavy (non-hydrogen) atoms. The molecule has 10 nitrogen and oxygen atoms in total. The predicted octanol–water partition coefficient (Wildman–Crippen LogP) is 14.1. The van der Waals surface area contributed by atoms with Gasteiger partial charge in [0.25, 0.3) is 5.91 Å². The number of carbonyl (C=O) groups is 2. The van der Waals surface area contributed by atoms with Gasteiger partial charge in [-0.3, -0.25) is 9.69 Å². The largest absolute Gasteiger partial charge is 0.508 e. The molecule has 2 aliphatic heterocycles. The summed E-state index contributed by atoms with van der Waals surface area (Å²) in [6, 6.07) is 83.3. The van der Waals surface area contributed by atoms with Crippen molar-refractivity contribution in [2.75, 3.05) is 4.90 Å². The Kier molecular flexibility index (Phi) is 12.9. The Bertz CT molecular complexity index is 3920. The molecule has 11 aromatic rings. The summed E-state index contributed by atoms with van der Waals surface area (Å²) in [4.78, 5) is 28.0. The number of carbonyl (C=O) groups excluding carboxylic acids is 2. The zero-order chi connectivity index (χ0) is 55.9. The van der Waals surface area contributed by atoms with Gasteiger partial charge in [-0.05, 0) is 147 Å². The zero-order valence-electron chi connectivity index (χ0n) is 43.3. The van der Waals surface area contributed by atoms with Crippen LogP contribution in [-0.2, 0) is 21.3 Å². The van der Waals surface area contributed by atoms with Crippen LogP contribution in [-0.4, -0.2) is 42.5 Å². The Morgan fingerprint density at radius 1 is 0.284 bits per heavy atom. The maximum atomic E-state index is 13.7. The van der Waals surface area contributed by atoms with E-state index >= 15 is 0 Å². The van der Waals surface area contributed by atoms with E-state index in [1.165, 1.54) is 22.3 Å². The second-order valence-corrected chi connectivity index (χ2v) is 20.0. The van der Waals surface area contributed by atoms with Crippen LogP contribution in [0.4, 0.5) is 5.69 Å². The van der Waals surface area contributed by atoms with Gasteiger partial charge in [-0.2, -0.15) is 0 Å². The molecule has 0 bridgehead atoms. The van der Waals surface area contributed by atoms with Gasteiger partial charge in [0.2, 0.25) is 0 Å². The minimum absolute atomic E-state index is 0.0991. The third-order valence-corrected chi connectivity index (χ3v) is 15.5. The van der Waals surface area contributed by atoms with Gasteiger partial charge in [-0.25, -0.2) is 4.79 Å². The summed E-state index contributed by atoms with van der Waals surface area (Å²) >= 11 is 0. The van der Waals surface area contributed by atoms with Crippen LogP contribution in [0.3, 0.4) is 0 Å². The number of esters is 1. The fourth-order valence-corrected chi connectivity index (χ4v) is 12.1. The number of hydrogen-bond donors (Lipinski definition) is 6. The highest BCUT2D eigenvalue weighted by molar-refractivity contribution is 6.14. The van der Waals surface area contributed by atoms with Crippen LogP contribution in [0, 0.1) is 0 Å². The molecule has 1 aliphatic carbocycles. The Morgan fingerprint density at radius 3 is 1.00 bits per heavy atom. The number of aromatic hydroxyl groups is 6. The monoisotopic (exact) mass is 1060 g/mol. The maximum Gasteiger partial charge on any atom is 0.340 e. The SMILES string of the molecule is O=C1OC(c2ccc(O)cc2)(c2ccc(O)cc2)c2ccccc21.O=C1c2ccccc2C(c2ccc(O)cc2)(c2ccc(O)cc2)N1c1ccccc1.Oc1ccc(C2(c3ccc(O)cc3)c3ccccc3-c3ccccc32)cc1. The van der Waals surface area contributed by atoms with Crippen molar-refractivity contribution < 1.29 is 45.0 Å². The van der Waals surface area contributed by atoms with E-state index in [9.17, 15) is 40.2 Å². The van der Waals surface area contributed by atoms with E-state index < -0.39 is 22.5 Å². The number of benzene rings is 11. The normalized spacial score (nSPS) is 14.4. The molecular weight excluding hydrogens is 1010 g/mol. The zero-order valence-corrected chi connectivity index (χ0v) is 43.3. The number of rotatable bonds is 7. The van der Waals surface area contributed by atoms with E-state index in [4.69, 9.17) is 4.74 Å². The number of nitrogens with zero attached hydrogens (tertiary/aromatic N) is 1. The number of para-hydroxylation sites is 1. The van der Waals surface area contributed by atoms with Gasteiger partial charge in [-0.15, -0.1) is 0 Å². The fourth-order valence-electron chi connectivity index (χ4n) is 12.1. The third-order valence-electron chi connectivity index (χ3n) is 15.5. The van der Waals surface area contributed by atoms with Crippen LogP contribution in [0.2, 0.25) is 0 Å². The number of anilines is 1. The molecule has 14 rings (SSSR count). The van der Waals surface area contributed by atoms with Gasteiger partial charge < -0.3 is 35.4 Å². The van der Waals surface area contributed by atoms with Gasteiger partial charge in [0.15, 0.2) is 5.60 Å². The van der Waals surface area contributed by atoms with Gasteiger partial charge in [0.05, 0.1) is 11.0 Å². The van der Waals surface area contributed by atoms with Gasteiger partial charge in [-0.1, -0.05) is 176 Å². The summed E-state index contributed by atoms with van der Waals surface area (Å²) in [7, 11) is 0. The molecule has 11 aromatic carbocycles. The molecule has 0 aromatic heterocycles. The van der Waals surface area contributed by atoms with Crippen molar-refractivity contribution in [3.05, 3.63) is 340 Å². The number of ether oxygens (including phenoxy) is 1. The Hall–Kier alpha value is -10.8. The fraction of sp³-hybridized carbons (Fsp3) is 0.0423. The molecule has 1 amide bonds. The van der Waals surface area contributed by atoms with E-state index in [0.717, 1.165) is 50.2 Å². The van der Waals surface area contributed by atoms with Crippen LogP contribution in [0.25, 0.3) is 11.1 Å². The van der Waals surface area contributed by atoms with Gasteiger partial charge in [0.1, 0.15) is 40.0 Å². The molecule has 10 heteroatoms. The number of amides is 1. The smallest absolute Gasteiger partial charge is 0.340 e. The first-order valence-corrected chi connectivity index (χ1v) is 26.2. The predicted molar refractivity (Wildman–Crippen MR) is 311 cm³/mol. The highest BCUT2D eigenvalue weighted by Crippen LogP contribution is 2.57. The minimum atomic E-state index is -1.10. The van der Waals surface area contributed by atoms with Crippen LogP contribution in [0.5, 0.6) is 34.5 Å². The molecule has 6 N–H and O–H groups in total. The van der Waals surface area contributed by atoms with Crippen molar-refractivity contribution in [3.8, 4) is 45.6 Å². The topological polar surface area (TPSA) is 168 Å². The lowest BCUT2D eigenvalue weighted by atomic mass is 9.68. The molecule has 394 valence electrons. The molecule has 0 radical (unpaired) electrons. The van der Waals surface area contributed by atoms with Crippen molar-refractivity contribution in [1.29, 1.82) is 0 Å². The number of fused-ring (bicyclic) bond motifs is 5. The van der Waals surface area contributed by atoms with Crippen molar-refractivity contribution >= 4 is 17.6 Å². The lowest BCUT2D eigenvalue weighted by molar-refractivity contribution is 0.0251. The summed E-state index contributed by atoms with van der Waals surface area (Å²) in [6.45, 7) is 0. The molecule has 0 spiro atoms. The molecule has 0 atom stereocenters. The summed E-state index contributed by atoms with van der Waals surface area (Å²) in [6.07, 6.45) is 0. The number of cyclic esters (lactones) is 1. The van der Waals surface area contributed by atoms with Gasteiger partial charge >= 0.3 is 5.97 Å². The van der Waals surface area contributed by atoms with Crippen LogP contribution >= 0.6 is 0 Å². The Morgan fingerprint density at radius 2 is 0.593 bits per heavy atom. The Labute approximate surface area is 467 Å². The Balaban J connectivity index is 0.000000121. The van der Waals surface area contributed by atoms with Crippen LogP contribution < -0.4 is 4.90 Å². The summed E-state index contributed by atoms with van der Waals surface area (Å²) in [5.74, 6) is 0.587.